The normalized spacial score (nSPS) is 11.7. The molecule has 5 nitrogen and oxygen atoms in total. The van der Waals surface area contributed by atoms with Gasteiger partial charge in [0.25, 0.3) is 5.91 Å². The van der Waals surface area contributed by atoms with Gasteiger partial charge in [0, 0.05) is 22.3 Å². The lowest BCUT2D eigenvalue weighted by Crippen LogP contribution is -2.24. The molecule has 0 atom stereocenters. The number of carbonyl (C=O) groups excluding carboxylic acids is 1. The van der Waals surface area contributed by atoms with Crippen molar-refractivity contribution in [1.82, 2.24) is 4.72 Å². The van der Waals surface area contributed by atoms with E-state index in [1.165, 1.54) is 29.5 Å². The van der Waals surface area contributed by atoms with Crippen LogP contribution in [0.25, 0.3) is 10.1 Å². The van der Waals surface area contributed by atoms with Gasteiger partial charge in [-0.2, -0.15) is 0 Å². The molecule has 0 fully saturated rings. The molecule has 0 aliphatic heterocycles. The third kappa shape index (κ3) is 4.24. The Bertz CT molecular complexity index is 1120. The SMILES string of the molecule is CCCCNS(=O)(=O)c1cccc(NC(=O)c2sc3cccc(F)c3c2C)c1. The van der Waals surface area contributed by atoms with E-state index in [4.69, 9.17) is 0 Å². The Morgan fingerprint density at radius 2 is 1.93 bits per heavy atom. The number of thiophene rings is 1. The van der Waals surface area contributed by atoms with Crippen molar-refractivity contribution < 1.29 is 17.6 Å². The molecular formula is C20H21FN2O3S2. The zero-order valence-corrected chi connectivity index (χ0v) is 17.2. The van der Waals surface area contributed by atoms with Gasteiger partial charge >= 0.3 is 0 Å². The molecule has 0 radical (unpaired) electrons. The highest BCUT2D eigenvalue weighted by Gasteiger charge is 2.19. The van der Waals surface area contributed by atoms with Gasteiger partial charge < -0.3 is 5.32 Å². The van der Waals surface area contributed by atoms with Crippen molar-refractivity contribution in [2.75, 3.05) is 11.9 Å². The molecule has 1 amide bonds. The summed E-state index contributed by atoms with van der Waals surface area (Å²) in [4.78, 5) is 13.2. The van der Waals surface area contributed by atoms with Crippen LogP contribution >= 0.6 is 11.3 Å². The number of hydrogen-bond acceptors (Lipinski definition) is 4. The second-order valence-electron chi connectivity index (χ2n) is 6.40. The number of benzene rings is 2. The fraction of sp³-hybridized carbons (Fsp3) is 0.250. The highest BCUT2D eigenvalue weighted by Crippen LogP contribution is 2.33. The van der Waals surface area contributed by atoms with Crippen LogP contribution in [0.3, 0.4) is 0 Å². The van der Waals surface area contributed by atoms with Crippen molar-refractivity contribution >= 4 is 43.0 Å². The predicted octanol–water partition coefficient (Wildman–Crippen LogP) is 4.68. The largest absolute Gasteiger partial charge is 0.321 e. The lowest BCUT2D eigenvalue weighted by atomic mass is 10.1. The van der Waals surface area contributed by atoms with Gasteiger partial charge in [0.05, 0.1) is 9.77 Å². The monoisotopic (exact) mass is 420 g/mol. The summed E-state index contributed by atoms with van der Waals surface area (Å²) in [6, 6.07) is 10.8. The molecule has 0 saturated carbocycles. The minimum absolute atomic E-state index is 0.0838. The Morgan fingerprint density at radius 1 is 1.18 bits per heavy atom. The van der Waals surface area contributed by atoms with Crippen LogP contribution in [0.4, 0.5) is 10.1 Å². The second-order valence-corrected chi connectivity index (χ2v) is 9.22. The molecule has 0 saturated heterocycles. The van der Waals surface area contributed by atoms with E-state index in [0.29, 0.717) is 32.8 Å². The van der Waals surface area contributed by atoms with Gasteiger partial charge in [-0.05, 0) is 49.2 Å². The van der Waals surface area contributed by atoms with Crippen molar-refractivity contribution in [3.8, 4) is 0 Å². The Morgan fingerprint density at radius 3 is 2.64 bits per heavy atom. The molecule has 2 aromatic carbocycles. The van der Waals surface area contributed by atoms with Crippen molar-refractivity contribution in [2.24, 2.45) is 0 Å². The maximum Gasteiger partial charge on any atom is 0.266 e. The molecular weight excluding hydrogens is 399 g/mol. The molecule has 148 valence electrons. The Labute approximate surface area is 167 Å². The molecule has 0 aliphatic rings. The van der Waals surface area contributed by atoms with Crippen molar-refractivity contribution in [2.45, 2.75) is 31.6 Å². The predicted molar refractivity (Wildman–Crippen MR) is 111 cm³/mol. The third-order valence-electron chi connectivity index (χ3n) is 4.33. The van der Waals surface area contributed by atoms with Crippen LogP contribution in [0.2, 0.25) is 0 Å². The van der Waals surface area contributed by atoms with Crippen molar-refractivity contribution in [3.05, 3.63) is 58.7 Å². The summed E-state index contributed by atoms with van der Waals surface area (Å²) in [6.45, 7) is 4.05. The zero-order chi connectivity index (χ0) is 20.3. The summed E-state index contributed by atoms with van der Waals surface area (Å²) in [6.07, 6.45) is 1.63. The van der Waals surface area contributed by atoms with Crippen LogP contribution < -0.4 is 10.0 Å². The summed E-state index contributed by atoms with van der Waals surface area (Å²) in [5, 5.41) is 3.16. The van der Waals surface area contributed by atoms with Gasteiger partial charge in [-0.25, -0.2) is 17.5 Å². The molecule has 1 heterocycles. The molecule has 1 aromatic heterocycles. The summed E-state index contributed by atoms with van der Waals surface area (Å²) >= 11 is 1.21. The Kier molecular flexibility index (Phi) is 6.12. The third-order valence-corrected chi connectivity index (χ3v) is 7.05. The van der Waals surface area contributed by atoms with Crippen LogP contribution in [0.5, 0.6) is 0 Å². The van der Waals surface area contributed by atoms with Gasteiger partial charge in [0.1, 0.15) is 5.82 Å². The summed E-state index contributed by atoms with van der Waals surface area (Å²) < 4.78 is 42.0. The lowest BCUT2D eigenvalue weighted by Gasteiger charge is -2.09. The fourth-order valence-electron chi connectivity index (χ4n) is 2.87. The van der Waals surface area contributed by atoms with E-state index in [9.17, 15) is 17.6 Å². The molecule has 0 bridgehead atoms. The van der Waals surface area contributed by atoms with Crippen molar-refractivity contribution in [3.63, 3.8) is 0 Å². The topological polar surface area (TPSA) is 75.3 Å². The zero-order valence-electron chi connectivity index (χ0n) is 15.6. The molecule has 3 rings (SSSR count). The Balaban J connectivity index is 1.84. The number of halogens is 1. The standard InChI is InChI=1S/C20H21FN2O3S2/c1-3-4-11-22-28(25,26)15-8-5-7-14(12-15)23-20(24)19-13(2)18-16(21)9-6-10-17(18)27-19/h5-10,12,22H,3-4,11H2,1-2H3,(H,23,24). The molecule has 0 spiro atoms. The maximum atomic E-state index is 14.1. The molecule has 3 aromatic rings. The van der Waals surface area contributed by atoms with Crippen molar-refractivity contribution in [1.29, 1.82) is 0 Å². The number of nitrogens with one attached hydrogen (secondary N) is 2. The smallest absolute Gasteiger partial charge is 0.266 e. The van der Waals surface area contributed by atoms with Gasteiger partial charge in [-0.15, -0.1) is 11.3 Å². The molecule has 0 aliphatic carbocycles. The number of aryl methyl sites for hydroxylation is 1. The Hall–Kier alpha value is -2.29. The molecule has 8 heteroatoms. The van der Waals surface area contributed by atoms with Gasteiger partial charge in [-0.1, -0.05) is 25.5 Å². The first-order valence-corrected chi connectivity index (χ1v) is 11.2. The van der Waals surface area contributed by atoms with Crippen LogP contribution in [0.1, 0.15) is 35.0 Å². The molecule has 28 heavy (non-hydrogen) atoms. The first kappa shape index (κ1) is 20.4. The molecule has 2 N–H and O–H groups in total. The van der Waals surface area contributed by atoms with E-state index in [1.54, 1.807) is 31.2 Å². The average molecular weight is 421 g/mol. The fourth-order valence-corrected chi connectivity index (χ4v) is 5.10. The minimum Gasteiger partial charge on any atom is -0.321 e. The maximum absolute atomic E-state index is 14.1. The number of hydrogen-bond donors (Lipinski definition) is 2. The number of fused-ring (bicyclic) bond motifs is 1. The van der Waals surface area contributed by atoms with Crippen LogP contribution in [-0.2, 0) is 10.0 Å². The number of unbranched alkanes of at least 4 members (excludes halogenated alkanes) is 1. The van der Waals surface area contributed by atoms with Gasteiger partial charge in [0.2, 0.25) is 10.0 Å². The number of amides is 1. The van der Waals surface area contributed by atoms with E-state index < -0.39 is 15.9 Å². The highest BCUT2D eigenvalue weighted by molar-refractivity contribution is 7.89. The van der Waals surface area contributed by atoms with Crippen LogP contribution in [0, 0.1) is 12.7 Å². The van der Waals surface area contributed by atoms with Gasteiger partial charge in [0.15, 0.2) is 0 Å². The lowest BCUT2D eigenvalue weighted by molar-refractivity contribution is 0.103. The highest BCUT2D eigenvalue weighted by atomic mass is 32.2. The van der Waals surface area contributed by atoms with Crippen LogP contribution in [-0.4, -0.2) is 20.9 Å². The van der Waals surface area contributed by atoms with E-state index in [0.717, 1.165) is 12.8 Å². The number of sulfonamides is 1. The molecule has 0 unspecified atom stereocenters. The van der Waals surface area contributed by atoms with E-state index in [2.05, 4.69) is 10.0 Å². The number of carbonyl (C=O) groups is 1. The van der Waals surface area contributed by atoms with E-state index in [1.807, 2.05) is 6.92 Å². The summed E-state index contributed by atoms with van der Waals surface area (Å²) in [5.41, 5.74) is 0.932. The summed E-state index contributed by atoms with van der Waals surface area (Å²) in [7, 11) is -3.64. The van der Waals surface area contributed by atoms with Crippen LogP contribution in [0.15, 0.2) is 47.4 Å². The van der Waals surface area contributed by atoms with E-state index in [-0.39, 0.29) is 10.7 Å². The summed E-state index contributed by atoms with van der Waals surface area (Å²) in [5.74, 6) is -0.761. The first-order valence-electron chi connectivity index (χ1n) is 8.92. The first-order chi connectivity index (χ1) is 13.3. The average Bonchev–Trinajstić information content (AvgIpc) is 3.00. The minimum atomic E-state index is -3.64. The quantitative estimate of drug-likeness (QED) is 0.545. The van der Waals surface area contributed by atoms with E-state index >= 15 is 0 Å². The second kappa shape index (κ2) is 8.38. The van der Waals surface area contributed by atoms with Gasteiger partial charge in [-0.3, -0.25) is 4.79 Å². The number of anilines is 1. The number of rotatable bonds is 7.